The van der Waals surface area contributed by atoms with E-state index in [9.17, 15) is 0 Å². The first-order valence-electron chi connectivity index (χ1n) is 3.14. The van der Waals surface area contributed by atoms with E-state index in [-0.39, 0.29) is 0 Å². The molecule has 0 spiro atoms. The van der Waals surface area contributed by atoms with E-state index in [2.05, 4.69) is 24.3 Å². The van der Waals surface area contributed by atoms with E-state index in [1.807, 2.05) is 0 Å². The third-order valence-corrected chi connectivity index (χ3v) is 1.56. The second-order valence-corrected chi connectivity index (χ2v) is 2.49. The molecule has 1 saturated heterocycles. The zero-order valence-corrected chi connectivity index (χ0v) is 5.59. The highest BCUT2D eigenvalue weighted by molar-refractivity contribution is 4.70. The zero-order chi connectivity index (χ0) is 5.98. The van der Waals surface area contributed by atoms with E-state index in [0.29, 0.717) is 6.17 Å². The van der Waals surface area contributed by atoms with E-state index in [4.69, 9.17) is 0 Å². The van der Waals surface area contributed by atoms with Crippen LogP contribution in [0.15, 0.2) is 0 Å². The molecule has 1 heterocycles. The largest absolute Gasteiger partial charge is 0.293 e. The summed E-state index contributed by atoms with van der Waals surface area (Å²) in [5.41, 5.74) is 0. The van der Waals surface area contributed by atoms with Gasteiger partial charge in [-0.05, 0) is 26.9 Å². The molecule has 2 heteroatoms. The van der Waals surface area contributed by atoms with Gasteiger partial charge in [-0.15, -0.1) is 0 Å². The Labute approximate surface area is 50.9 Å². The Hall–Kier alpha value is -0.0800. The Balaban J connectivity index is 2.24. The van der Waals surface area contributed by atoms with Gasteiger partial charge in [0.25, 0.3) is 0 Å². The van der Waals surface area contributed by atoms with Crippen LogP contribution in [0.4, 0.5) is 0 Å². The second kappa shape index (κ2) is 2.46. The molecule has 0 aromatic rings. The summed E-state index contributed by atoms with van der Waals surface area (Å²) in [4.78, 5) is 2.17. The molecule has 0 N–H and O–H groups in total. The lowest BCUT2D eigenvalue weighted by molar-refractivity contribution is 0.270. The molecule has 1 aliphatic heterocycles. The molecule has 0 amide bonds. The topological polar surface area (TPSA) is 17.3 Å². The van der Waals surface area contributed by atoms with Crippen molar-refractivity contribution in [1.29, 1.82) is 0 Å². The molecule has 1 fully saturated rings. The standard InChI is InChI=1S/C6H13N2/c1-8(2)6-4-3-5-7-6/h6H,3-5H2,1-2H3. The predicted octanol–water partition coefficient (Wildman–Crippen LogP) is 0.272. The third kappa shape index (κ3) is 1.20. The van der Waals surface area contributed by atoms with Crippen LogP contribution in [-0.2, 0) is 0 Å². The number of nitrogens with zero attached hydrogens (tertiary/aromatic N) is 2. The smallest absolute Gasteiger partial charge is 0.0756 e. The minimum absolute atomic E-state index is 0.523. The van der Waals surface area contributed by atoms with Gasteiger partial charge in [0.2, 0.25) is 0 Å². The van der Waals surface area contributed by atoms with Gasteiger partial charge in [-0.2, -0.15) is 0 Å². The first kappa shape index (κ1) is 6.05. The van der Waals surface area contributed by atoms with Crippen molar-refractivity contribution in [2.45, 2.75) is 19.0 Å². The van der Waals surface area contributed by atoms with Crippen molar-refractivity contribution in [3.05, 3.63) is 0 Å². The number of rotatable bonds is 1. The highest BCUT2D eigenvalue weighted by Crippen LogP contribution is 2.07. The highest BCUT2D eigenvalue weighted by Gasteiger charge is 2.16. The van der Waals surface area contributed by atoms with Crippen molar-refractivity contribution < 1.29 is 0 Å². The van der Waals surface area contributed by atoms with E-state index in [0.717, 1.165) is 6.54 Å². The van der Waals surface area contributed by atoms with Crippen molar-refractivity contribution in [3.63, 3.8) is 0 Å². The lowest BCUT2D eigenvalue weighted by Crippen LogP contribution is -2.31. The number of hydrogen-bond acceptors (Lipinski definition) is 1. The van der Waals surface area contributed by atoms with E-state index in [1.54, 1.807) is 0 Å². The summed E-state index contributed by atoms with van der Waals surface area (Å²) in [6.07, 6.45) is 3.06. The highest BCUT2D eigenvalue weighted by atomic mass is 15.2. The molecule has 1 atom stereocenters. The van der Waals surface area contributed by atoms with Crippen LogP contribution in [-0.4, -0.2) is 31.7 Å². The SMILES string of the molecule is CN(C)C1CCC[N]1. The van der Waals surface area contributed by atoms with Gasteiger partial charge in [-0.1, -0.05) is 0 Å². The van der Waals surface area contributed by atoms with Crippen molar-refractivity contribution in [1.82, 2.24) is 10.2 Å². The lowest BCUT2D eigenvalue weighted by atomic mass is 10.3. The van der Waals surface area contributed by atoms with Gasteiger partial charge in [-0.3, -0.25) is 4.90 Å². The fourth-order valence-corrected chi connectivity index (χ4v) is 1.03. The molecule has 0 bridgehead atoms. The Morgan fingerprint density at radius 3 is 2.50 bits per heavy atom. The van der Waals surface area contributed by atoms with E-state index in [1.165, 1.54) is 12.8 Å². The summed E-state index contributed by atoms with van der Waals surface area (Å²) in [6.45, 7) is 1.07. The molecule has 2 nitrogen and oxygen atoms in total. The third-order valence-electron chi connectivity index (χ3n) is 1.56. The van der Waals surface area contributed by atoms with Crippen LogP contribution in [0.25, 0.3) is 0 Å². The van der Waals surface area contributed by atoms with E-state index >= 15 is 0 Å². The molecular weight excluding hydrogens is 100 g/mol. The summed E-state index contributed by atoms with van der Waals surface area (Å²) >= 11 is 0. The normalized spacial score (nSPS) is 29.6. The first-order chi connectivity index (χ1) is 3.80. The van der Waals surface area contributed by atoms with Crippen LogP contribution in [0.1, 0.15) is 12.8 Å². The monoisotopic (exact) mass is 113 g/mol. The van der Waals surface area contributed by atoms with Crippen LogP contribution in [0.2, 0.25) is 0 Å². The number of hydrogen-bond donors (Lipinski definition) is 0. The van der Waals surface area contributed by atoms with Crippen LogP contribution in [0.5, 0.6) is 0 Å². The molecule has 0 aromatic heterocycles. The Bertz CT molecular complexity index is 64.9. The lowest BCUT2D eigenvalue weighted by Gasteiger charge is -2.16. The average molecular weight is 113 g/mol. The fourth-order valence-electron chi connectivity index (χ4n) is 1.03. The summed E-state index contributed by atoms with van der Waals surface area (Å²) in [7, 11) is 4.17. The molecule has 8 heavy (non-hydrogen) atoms. The zero-order valence-electron chi connectivity index (χ0n) is 5.59. The van der Waals surface area contributed by atoms with Crippen LogP contribution in [0.3, 0.4) is 0 Å². The molecule has 0 saturated carbocycles. The van der Waals surface area contributed by atoms with Gasteiger partial charge in [0.05, 0.1) is 6.17 Å². The quantitative estimate of drug-likeness (QED) is 0.477. The maximum Gasteiger partial charge on any atom is 0.0756 e. The van der Waals surface area contributed by atoms with Gasteiger partial charge >= 0.3 is 0 Å². The van der Waals surface area contributed by atoms with E-state index < -0.39 is 0 Å². The molecule has 1 aliphatic rings. The van der Waals surface area contributed by atoms with Gasteiger partial charge < -0.3 is 0 Å². The molecule has 0 aromatic carbocycles. The van der Waals surface area contributed by atoms with Crippen LogP contribution in [0, 0.1) is 0 Å². The van der Waals surface area contributed by atoms with Gasteiger partial charge in [0, 0.05) is 6.54 Å². The fraction of sp³-hybridized carbons (Fsp3) is 1.00. The van der Waals surface area contributed by atoms with Crippen molar-refractivity contribution >= 4 is 0 Å². The Morgan fingerprint density at radius 2 is 2.25 bits per heavy atom. The Kier molecular flexibility index (Phi) is 1.86. The molecule has 0 aliphatic carbocycles. The Morgan fingerprint density at radius 1 is 1.50 bits per heavy atom. The predicted molar refractivity (Wildman–Crippen MR) is 33.7 cm³/mol. The van der Waals surface area contributed by atoms with Gasteiger partial charge in [0.1, 0.15) is 0 Å². The van der Waals surface area contributed by atoms with Crippen molar-refractivity contribution in [2.24, 2.45) is 0 Å². The summed E-state index contributed by atoms with van der Waals surface area (Å²) < 4.78 is 0. The van der Waals surface area contributed by atoms with Crippen LogP contribution >= 0.6 is 0 Å². The van der Waals surface area contributed by atoms with Crippen molar-refractivity contribution in [2.75, 3.05) is 20.6 Å². The first-order valence-corrected chi connectivity index (χ1v) is 3.14. The summed E-state index contributed by atoms with van der Waals surface area (Å²) in [6, 6.07) is 0. The second-order valence-electron chi connectivity index (χ2n) is 2.49. The van der Waals surface area contributed by atoms with Gasteiger partial charge in [0.15, 0.2) is 0 Å². The summed E-state index contributed by atoms with van der Waals surface area (Å²) in [5.74, 6) is 0. The average Bonchev–Trinajstić information content (AvgIpc) is 2.12. The molecule has 1 rings (SSSR count). The van der Waals surface area contributed by atoms with Crippen LogP contribution < -0.4 is 5.32 Å². The minimum Gasteiger partial charge on any atom is -0.293 e. The minimum atomic E-state index is 0.523. The molecule has 47 valence electrons. The molecular formula is C6H13N2. The van der Waals surface area contributed by atoms with Crippen molar-refractivity contribution in [3.8, 4) is 0 Å². The maximum absolute atomic E-state index is 4.36. The molecule has 1 radical (unpaired) electrons. The van der Waals surface area contributed by atoms with Gasteiger partial charge in [-0.25, -0.2) is 5.32 Å². The molecule has 1 unspecified atom stereocenters. The summed E-state index contributed by atoms with van der Waals surface area (Å²) in [5, 5.41) is 4.36. The maximum atomic E-state index is 4.36.